The minimum Gasteiger partial charge on any atom is -0.394 e. The fourth-order valence-electron chi connectivity index (χ4n) is 2.45. The number of aliphatic hydroxyl groups is 1. The lowest BCUT2D eigenvalue weighted by atomic mass is 9.97. The summed E-state index contributed by atoms with van der Waals surface area (Å²) in [6.07, 6.45) is 2.50. The maximum atomic E-state index is 9.77. The van der Waals surface area contributed by atoms with Crippen molar-refractivity contribution in [1.82, 2.24) is 5.32 Å². The predicted octanol–water partition coefficient (Wildman–Crippen LogP) is 2.84. The van der Waals surface area contributed by atoms with E-state index in [9.17, 15) is 5.11 Å². The van der Waals surface area contributed by atoms with Gasteiger partial charge in [0.1, 0.15) is 0 Å². The van der Waals surface area contributed by atoms with Crippen molar-refractivity contribution < 1.29 is 5.11 Å². The lowest BCUT2D eigenvalue weighted by molar-refractivity contribution is 0.161. The first-order valence-corrected chi connectivity index (χ1v) is 7.74. The molecule has 1 atom stereocenters. The molecule has 0 radical (unpaired) electrons. The van der Waals surface area contributed by atoms with E-state index >= 15 is 0 Å². The van der Waals surface area contributed by atoms with Crippen molar-refractivity contribution in [3.8, 4) is 0 Å². The van der Waals surface area contributed by atoms with Crippen LogP contribution in [-0.4, -0.2) is 29.5 Å². The summed E-state index contributed by atoms with van der Waals surface area (Å²) in [5.74, 6) is 1.60. The van der Waals surface area contributed by atoms with Crippen LogP contribution in [0.5, 0.6) is 0 Å². The van der Waals surface area contributed by atoms with Crippen LogP contribution >= 0.6 is 11.8 Å². The van der Waals surface area contributed by atoms with Crippen LogP contribution in [0.3, 0.4) is 0 Å². The van der Waals surface area contributed by atoms with Gasteiger partial charge in [0.2, 0.25) is 0 Å². The normalized spacial score (nSPS) is 18.6. The number of likely N-dealkylation sites (N-methyl/N-ethyl adjacent to an activating group) is 1. The summed E-state index contributed by atoms with van der Waals surface area (Å²) in [5, 5.41) is 13.3. The van der Waals surface area contributed by atoms with Crippen LogP contribution in [0.15, 0.2) is 29.2 Å². The molecule has 0 spiro atoms. The summed E-state index contributed by atoms with van der Waals surface area (Å²) in [6, 6.07) is 8.58. The molecule has 0 amide bonds. The quantitative estimate of drug-likeness (QED) is 0.744. The molecule has 18 heavy (non-hydrogen) atoms. The molecular formula is C15H23NOS. The third-order valence-corrected chi connectivity index (χ3v) is 4.90. The summed E-state index contributed by atoms with van der Waals surface area (Å²) >= 11 is 1.85. The number of aliphatic hydroxyl groups excluding tert-OH is 1. The van der Waals surface area contributed by atoms with Crippen LogP contribution in [-0.2, 0) is 0 Å². The van der Waals surface area contributed by atoms with Crippen molar-refractivity contribution in [2.24, 2.45) is 5.92 Å². The van der Waals surface area contributed by atoms with E-state index in [1.54, 1.807) is 0 Å². The van der Waals surface area contributed by atoms with Crippen LogP contribution in [0.4, 0.5) is 0 Å². The molecule has 0 aliphatic heterocycles. The van der Waals surface area contributed by atoms with Gasteiger partial charge in [-0.25, -0.2) is 0 Å². The molecule has 1 fully saturated rings. The van der Waals surface area contributed by atoms with Gasteiger partial charge in [-0.05, 0) is 44.4 Å². The van der Waals surface area contributed by atoms with Gasteiger partial charge < -0.3 is 10.4 Å². The van der Waals surface area contributed by atoms with E-state index in [-0.39, 0.29) is 12.1 Å². The molecule has 0 bridgehead atoms. The van der Waals surface area contributed by atoms with Gasteiger partial charge >= 0.3 is 0 Å². The molecule has 0 heterocycles. The van der Waals surface area contributed by atoms with Gasteiger partial charge in [0.15, 0.2) is 0 Å². The van der Waals surface area contributed by atoms with E-state index in [1.165, 1.54) is 23.3 Å². The highest BCUT2D eigenvalue weighted by Crippen LogP contribution is 2.42. The van der Waals surface area contributed by atoms with Crippen LogP contribution in [0.2, 0.25) is 0 Å². The Balaban J connectivity index is 2.01. The Labute approximate surface area is 114 Å². The van der Waals surface area contributed by atoms with Crippen molar-refractivity contribution in [3.05, 3.63) is 29.8 Å². The maximum Gasteiger partial charge on any atom is 0.0624 e. The van der Waals surface area contributed by atoms with Crippen LogP contribution < -0.4 is 5.32 Å². The molecule has 1 saturated carbocycles. The molecule has 2 nitrogen and oxygen atoms in total. The van der Waals surface area contributed by atoms with Gasteiger partial charge in [-0.2, -0.15) is 0 Å². The largest absolute Gasteiger partial charge is 0.394 e. The first-order chi connectivity index (χ1) is 8.70. The number of rotatable bonds is 7. The van der Waals surface area contributed by atoms with Gasteiger partial charge in [-0.15, -0.1) is 11.8 Å². The highest BCUT2D eigenvalue weighted by atomic mass is 32.2. The smallest absolute Gasteiger partial charge is 0.0624 e. The second kappa shape index (κ2) is 6.09. The predicted molar refractivity (Wildman–Crippen MR) is 78.1 cm³/mol. The highest BCUT2D eigenvalue weighted by Gasteiger charge is 2.44. The standard InChI is InChI=1S/C15H23NOS/c1-3-16-15(10-17,13-7-8-13)11-18-14-6-4-5-12(2)9-14/h4-6,9,13,16-17H,3,7-8,10-11H2,1-2H3. The number of hydrogen-bond acceptors (Lipinski definition) is 3. The number of aryl methyl sites for hydroxylation is 1. The van der Waals surface area contributed by atoms with Gasteiger partial charge in [-0.1, -0.05) is 24.6 Å². The SMILES string of the molecule is CCNC(CO)(CSc1cccc(C)c1)C1CC1. The first kappa shape index (κ1) is 13.9. The third kappa shape index (κ3) is 3.28. The van der Waals surface area contributed by atoms with Crippen molar-refractivity contribution in [3.63, 3.8) is 0 Å². The van der Waals surface area contributed by atoms with Crippen LogP contribution in [0, 0.1) is 12.8 Å². The molecule has 0 saturated heterocycles. The van der Waals surface area contributed by atoms with Crippen molar-refractivity contribution in [2.45, 2.75) is 37.1 Å². The minimum atomic E-state index is -0.0802. The zero-order chi connectivity index (χ0) is 13.0. The number of nitrogens with one attached hydrogen (secondary N) is 1. The van der Waals surface area contributed by atoms with E-state index in [1.807, 2.05) is 11.8 Å². The van der Waals surface area contributed by atoms with Gasteiger partial charge in [0.05, 0.1) is 12.1 Å². The fraction of sp³-hybridized carbons (Fsp3) is 0.600. The Morgan fingerprint density at radius 1 is 1.44 bits per heavy atom. The van der Waals surface area contributed by atoms with Gasteiger partial charge in [0.25, 0.3) is 0 Å². The Hall–Kier alpha value is -0.510. The average molecular weight is 265 g/mol. The minimum absolute atomic E-state index is 0.0802. The summed E-state index contributed by atoms with van der Waals surface area (Å²) in [5.41, 5.74) is 1.22. The molecule has 3 heteroatoms. The molecule has 100 valence electrons. The Morgan fingerprint density at radius 2 is 2.22 bits per heavy atom. The molecule has 1 aromatic rings. The number of thioether (sulfide) groups is 1. The van der Waals surface area contributed by atoms with Gasteiger partial charge in [0, 0.05) is 10.6 Å². The topological polar surface area (TPSA) is 32.3 Å². The van der Waals surface area contributed by atoms with Crippen LogP contribution in [0.25, 0.3) is 0 Å². The number of benzene rings is 1. The molecule has 0 aromatic heterocycles. The second-order valence-electron chi connectivity index (χ2n) is 5.22. The van der Waals surface area contributed by atoms with E-state index in [0.29, 0.717) is 5.92 Å². The molecule has 1 unspecified atom stereocenters. The Kier molecular flexibility index (Phi) is 4.71. The molecule has 2 rings (SSSR count). The average Bonchev–Trinajstić information content (AvgIpc) is 3.19. The van der Waals surface area contributed by atoms with Crippen molar-refractivity contribution in [1.29, 1.82) is 0 Å². The molecule has 1 aliphatic carbocycles. The summed E-state index contributed by atoms with van der Waals surface area (Å²) in [7, 11) is 0. The summed E-state index contributed by atoms with van der Waals surface area (Å²) in [4.78, 5) is 1.30. The lowest BCUT2D eigenvalue weighted by Crippen LogP contribution is -2.52. The monoisotopic (exact) mass is 265 g/mol. The fourth-order valence-corrected chi connectivity index (χ4v) is 3.75. The first-order valence-electron chi connectivity index (χ1n) is 6.75. The second-order valence-corrected chi connectivity index (χ2v) is 6.27. The summed E-state index contributed by atoms with van der Waals surface area (Å²) in [6.45, 7) is 5.40. The van der Waals surface area contributed by atoms with Crippen LogP contribution in [0.1, 0.15) is 25.3 Å². The Morgan fingerprint density at radius 3 is 2.78 bits per heavy atom. The van der Waals surface area contributed by atoms with Crippen molar-refractivity contribution in [2.75, 3.05) is 18.9 Å². The van der Waals surface area contributed by atoms with E-state index in [4.69, 9.17) is 0 Å². The van der Waals surface area contributed by atoms with Crippen molar-refractivity contribution >= 4 is 11.8 Å². The lowest BCUT2D eigenvalue weighted by Gasteiger charge is -2.33. The molecular weight excluding hydrogens is 242 g/mol. The van der Waals surface area contributed by atoms with E-state index in [2.05, 4.69) is 43.4 Å². The maximum absolute atomic E-state index is 9.77. The Bertz CT molecular complexity index is 392. The van der Waals surface area contributed by atoms with E-state index < -0.39 is 0 Å². The molecule has 2 N–H and O–H groups in total. The third-order valence-electron chi connectivity index (χ3n) is 3.66. The zero-order valence-electron chi connectivity index (χ0n) is 11.3. The van der Waals surface area contributed by atoms with Gasteiger partial charge in [-0.3, -0.25) is 0 Å². The highest BCUT2D eigenvalue weighted by molar-refractivity contribution is 7.99. The molecule has 1 aliphatic rings. The summed E-state index contributed by atoms with van der Waals surface area (Å²) < 4.78 is 0. The zero-order valence-corrected chi connectivity index (χ0v) is 12.1. The van der Waals surface area contributed by atoms with E-state index in [0.717, 1.165) is 12.3 Å². The number of hydrogen-bond donors (Lipinski definition) is 2. The molecule has 1 aromatic carbocycles.